The number of nitrogens with one attached hydrogen (secondary N) is 2. The van der Waals surface area contributed by atoms with Crippen LogP contribution in [0.4, 0.5) is 0 Å². The van der Waals surface area contributed by atoms with Crippen molar-refractivity contribution in [1.29, 1.82) is 0 Å². The second kappa shape index (κ2) is 13.0. The van der Waals surface area contributed by atoms with Crippen LogP contribution in [-0.4, -0.2) is 43.9 Å². The molecule has 1 unspecified atom stereocenters. The number of carbonyl (C=O) groups excluding carboxylic acids is 2. The molecule has 8 nitrogen and oxygen atoms in total. The van der Waals surface area contributed by atoms with Crippen molar-refractivity contribution in [2.24, 2.45) is 11.0 Å². The van der Waals surface area contributed by atoms with Crippen LogP contribution in [0.3, 0.4) is 0 Å². The van der Waals surface area contributed by atoms with Crippen molar-refractivity contribution >= 4 is 34.0 Å². The maximum atomic E-state index is 12.7. The summed E-state index contributed by atoms with van der Waals surface area (Å²) in [4.78, 5) is 25.3. The highest BCUT2D eigenvalue weighted by Crippen LogP contribution is 2.37. The summed E-state index contributed by atoms with van der Waals surface area (Å²) in [5, 5.41) is 6.84. The maximum Gasteiger partial charge on any atom is 0.262 e. The van der Waals surface area contributed by atoms with Crippen LogP contribution < -0.4 is 25.0 Å². The molecular formula is C25H32BrN3O5. The zero-order chi connectivity index (χ0) is 25.3. The van der Waals surface area contributed by atoms with E-state index in [1.165, 1.54) is 6.21 Å². The van der Waals surface area contributed by atoms with Crippen LogP contribution in [0, 0.1) is 5.92 Å². The molecule has 0 aliphatic carbocycles. The molecule has 0 saturated heterocycles. The smallest absolute Gasteiger partial charge is 0.262 e. The van der Waals surface area contributed by atoms with Crippen molar-refractivity contribution in [3.63, 3.8) is 0 Å². The number of methoxy groups -OCH3 is 1. The van der Waals surface area contributed by atoms with Crippen molar-refractivity contribution in [2.45, 2.75) is 46.8 Å². The summed E-state index contributed by atoms with van der Waals surface area (Å²) in [5.41, 5.74) is 3.65. The highest BCUT2D eigenvalue weighted by Gasteiger charge is 2.24. The van der Waals surface area contributed by atoms with E-state index in [0.29, 0.717) is 39.5 Å². The molecule has 2 aromatic carbocycles. The van der Waals surface area contributed by atoms with Gasteiger partial charge in [0.2, 0.25) is 0 Å². The Labute approximate surface area is 209 Å². The summed E-state index contributed by atoms with van der Waals surface area (Å²) in [6, 6.07) is 9.50. The second-order valence-corrected chi connectivity index (χ2v) is 8.94. The summed E-state index contributed by atoms with van der Waals surface area (Å²) >= 11 is 3.51. The number of nitrogens with zero attached hydrogens (tertiary/aromatic N) is 1. The van der Waals surface area contributed by atoms with Gasteiger partial charge in [0, 0.05) is 5.56 Å². The van der Waals surface area contributed by atoms with Crippen LogP contribution in [-0.2, 0) is 4.79 Å². The minimum atomic E-state index is -0.765. The molecule has 0 heterocycles. The average Bonchev–Trinajstić information content (AvgIpc) is 2.79. The van der Waals surface area contributed by atoms with Crippen LogP contribution in [0.15, 0.2) is 46.0 Å². The first-order valence-electron chi connectivity index (χ1n) is 11.1. The lowest BCUT2D eigenvalue weighted by molar-refractivity contribution is -0.123. The molecule has 0 aliphatic heterocycles. The fourth-order valence-electron chi connectivity index (χ4n) is 3.02. The summed E-state index contributed by atoms with van der Waals surface area (Å²) < 4.78 is 17.4. The standard InChI is InChI=1S/C25H32BrN3O5/c1-7-33-21-13-17(12-20(26)23(21)34-16(4)5)14-27-29-25(31)22(15(2)3)28-24(30)18-8-10-19(32-6)11-9-18/h8-16,22H,7H2,1-6H3,(H,28,30)(H,29,31). The third-order valence-electron chi connectivity index (χ3n) is 4.66. The minimum absolute atomic E-state index is 0.0181. The van der Waals surface area contributed by atoms with Crippen molar-refractivity contribution in [3.8, 4) is 17.2 Å². The van der Waals surface area contributed by atoms with E-state index in [1.54, 1.807) is 37.4 Å². The van der Waals surface area contributed by atoms with Crippen molar-refractivity contribution in [1.82, 2.24) is 10.7 Å². The molecule has 0 fully saturated rings. The topological polar surface area (TPSA) is 98.2 Å². The van der Waals surface area contributed by atoms with Gasteiger partial charge in [-0.15, -0.1) is 0 Å². The van der Waals surface area contributed by atoms with E-state index >= 15 is 0 Å². The van der Waals surface area contributed by atoms with Gasteiger partial charge in [0.25, 0.3) is 11.8 Å². The average molecular weight is 534 g/mol. The number of hydrogen-bond donors (Lipinski definition) is 2. The summed E-state index contributed by atoms with van der Waals surface area (Å²) in [6.07, 6.45) is 1.49. The predicted molar refractivity (Wildman–Crippen MR) is 136 cm³/mol. The van der Waals surface area contributed by atoms with Gasteiger partial charge in [-0.3, -0.25) is 9.59 Å². The third kappa shape index (κ3) is 7.76. The number of rotatable bonds is 11. The van der Waals surface area contributed by atoms with Crippen LogP contribution in [0.1, 0.15) is 50.5 Å². The van der Waals surface area contributed by atoms with Crippen LogP contribution in [0.2, 0.25) is 0 Å². The predicted octanol–water partition coefficient (Wildman–Crippen LogP) is 4.55. The van der Waals surface area contributed by atoms with Gasteiger partial charge in [0.05, 0.1) is 30.5 Å². The van der Waals surface area contributed by atoms with E-state index in [-0.39, 0.29) is 17.9 Å². The Morgan fingerprint density at radius 3 is 2.35 bits per heavy atom. The Balaban J connectivity index is 2.10. The van der Waals surface area contributed by atoms with Crippen molar-refractivity contribution in [3.05, 3.63) is 52.0 Å². The van der Waals surface area contributed by atoms with E-state index < -0.39 is 11.9 Å². The van der Waals surface area contributed by atoms with E-state index in [2.05, 4.69) is 31.8 Å². The number of benzene rings is 2. The molecule has 1 atom stereocenters. The zero-order valence-corrected chi connectivity index (χ0v) is 21.9. The van der Waals surface area contributed by atoms with Crippen LogP contribution in [0.25, 0.3) is 0 Å². The lowest BCUT2D eigenvalue weighted by atomic mass is 10.0. The molecule has 0 aliphatic rings. The number of amides is 2. The highest BCUT2D eigenvalue weighted by atomic mass is 79.9. The highest BCUT2D eigenvalue weighted by molar-refractivity contribution is 9.10. The van der Waals surface area contributed by atoms with Gasteiger partial charge in [-0.1, -0.05) is 13.8 Å². The van der Waals surface area contributed by atoms with Gasteiger partial charge in [-0.05, 0) is 84.6 Å². The monoisotopic (exact) mass is 533 g/mol. The molecule has 2 N–H and O–H groups in total. The Hall–Kier alpha value is -3.07. The Bertz CT molecular complexity index is 1010. The Morgan fingerprint density at radius 1 is 1.12 bits per heavy atom. The lowest BCUT2D eigenvalue weighted by Gasteiger charge is -2.20. The molecule has 2 amide bonds. The number of hydrazone groups is 1. The van der Waals surface area contributed by atoms with E-state index in [9.17, 15) is 9.59 Å². The summed E-state index contributed by atoms with van der Waals surface area (Å²) in [7, 11) is 1.55. The first-order chi connectivity index (χ1) is 16.2. The molecule has 0 bridgehead atoms. The number of ether oxygens (including phenoxy) is 3. The van der Waals surface area contributed by atoms with Crippen LogP contribution >= 0.6 is 15.9 Å². The fourth-order valence-corrected chi connectivity index (χ4v) is 3.57. The Morgan fingerprint density at radius 2 is 1.79 bits per heavy atom. The zero-order valence-electron chi connectivity index (χ0n) is 20.3. The summed E-state index contributed by atoms with van der Waals surface area (Å²) in [6.45, 7) is 9.93. The molecule has 2 aromatic rings. The molecule has 9 heteroatoms. The number of carbonyl (C=O) groups is 2. The number of hydrogen-bond acceptors (Lipinski definition) is 6. The minimum Gasteiger partial charge on any atom is -0.497 e. The maximum absolute atomic E-state index is 12.7. The SMILES string of the molecule is CCOc1cc(C=NNC(=O)C(NC(=O)c2ccc(OC)cc2)C(C)C)cc(Br)c1OC(C)C. The van der Waals surface area contributed by atoms with Crippen molar-refractivity contribution < 1.29 is 23.8 Å². The quantitative estimate of drug-likeness (QED) is 0.326. The van der Waals surface area contributed by atoms with Gasteiger partial charge in [0.15, 0.2) is 11.5 Å². The fraction of sp³-hybridized carbons (Fsp3) is 0.400. The second-order valence-electron chi connectivity index (χ2n) is 8.09. The van der Waals surface area contributed by atoms with Crippen molar-refractivity contribution in [2.75, 3.05) is 13.7 Å². The lowest BCUT2D eigenvalue weighted by Crippen LogP contribution is -2.48. The molecule has 0 aromatic heterocycles. The van der Waals surface area contributed by atoms with Gasteiger partial charge in [-0.25, -0.2) is 5.43 Å². The molecule has 0 radical (unpaired) electrons. The largest absolute Gasteiger partial charge is 0.497 e. The first-order valence-corrected chi connectivity index (χ1v) is 11.9. The normalized spacial score (nSPS) is 12.0. The van der Waals surface area contributed by atoms with Gasteiger partial charge >= 0.3 is 0 Å². The molecule has 34 heavy (non-hydrogen) atoms. The van der Waals surface area contributed by atoms with E-state index in [4.69, 9.17) is 14.2 Å². The van der Waals surface area contributed by atoms with Gasteiger partial charge in [-0.2, -0.15) is 5.10 Å². The van der Waals surface area contributed by atoms with E-state index in [1.807, 2.05) is 40.7 Å². The van der Waals surface area contributed by atoms with E-state index in [0.717, 1.165) is 0 Å². The van der Waals surface area contributed by atoms with Gasteiger partial charge < -0.3 is 19.5 Å². The summed E-state index contributed by atoms with van der Waals surface area (Å²) in [5.74, 6) is 0.906. The first kappa shape index (κ1) is 27.2. The molecule has 2 rings (SSSR count). The molecule has 184 valence electrons. The van der Waals surface area contributed by atoms with Gasteiger partial charge in [0.1, 0.15) is 11.8 Å². The number of halogens is 1. The van der Waals surface area contributed by atoms with Crippen LogP contribution in [0.5, 0.6) is 17.2 Å². The molecule has 0 spiro atoms. The third-order valence-corrected chi connectivity index (χ3v) is 5.25. The Kier molecular flexibility index (Phi) is 10.4. The molecule has 0 saturated carbocycles. The molecular weight excluding hydrogens is 502 g/mol.